The first-order chi connectivity index (χ1) is 12.9. The molecule has 1 heterocycles. The van der Waals surface area contributed by atoms with E-state index >= 15 is 0 Å². The number of esters is 1. The highest BCUT2D eigenvalue weighted by molar-refractivity contribution is 6.05. The van der Waals surface area contributed by atoms with Crippen LogP contribution in [0.15, 0.2) is 18.2 Å². The van der Waals surface area contributed by atoms with Gasteiger partial charge in [-0.3, -0.25) is 24.1 Å². The molecule has 2 amide bonds. The SMILES string of the molecule is Cc1ccc(C(=O)COC(=O)CCN2C(=O)[C@H]3CCCC[C@H]3C2=O)c(C)c1. The van der Waals surface area contributed by atoms with Crippen LogP contribution in [0, 0.1) is 25.7 Å². The highest BCUT2D eigenvalue weighted by Crippen LogP contribution is 2.37. The van der Waals surface area contributed by atoms with Gasteiger partial charge in [0.2, 0.25) is 17.6 Å². The summed E-state index contributed by atoms with van der Waals surface area (Å²) in [5.41, 5.74) is 2.43. The van der Waals surface area contributed by atoms with Crippen LogP contribution in [0.2, 0.25) is 0 Å². The van der Waals surface area contributed by atoms with E-state index in [9.17, 15) is 19.2 Å². The fourth-order valence-electron chi connectivity index (χ4n) is 4.08. The Morgan fingerprint density at radius 3 is 2.30 bits per heavy atom. The van der Waals surface area contributed by atoms with Gasteiger partial charge < -0.3 is 4.74 Å². The van der Waals surface area contributed by atoms with E-state index in [0.29, 0.717) is 5.56 Å². The van der Waals surface area contributed by atoms with Crippen LogP contribution in [-0.4, -0.2) is 41.6 Å². The molecule has 1 aliphatic heterocycles. The zero-order valence-corrected chi connectivity index (χ0v) is 15.8. The molecule has 3 rings (SSSR count). The lowest BCUT2D eigenvalue weighted by molar-refractivity contribution is -0.145. The Labute approximate surface area is 158 Å². The Hall–Kier alpha value is -2.50. The summed E-state index contributed by atoms with van der Waals surface area (Å²) in [5, 5.41) is 0. The molecule has 144 valence electrons. The summed E-state index contributed by atoms with van der Waals surface area (Å²) in [5.74, 6) is -1.60. The molecule has 0 spiro atoms. The average molecular weight is 371 g/mol. The summed E-state index contributed by atoms with van der Waals surface area (Å²) in [6.07, 6.45) is 3.35. The highest BCUT2D eigenvalue weighted by atomic mass is 16.5. The standard InChI is InChI=1S/C21H25NO5/c1-13-7-8-15(14(2)11-13)18(23)12-27-19(24)9-10-22-20(25)16-5-3-4-6-17(16)21(22)26/h7-8,11,16-17H,3-6,9-10,12H2,1-2H3/t16-,17+. The maximum atomic E-state index is 12.4. The van der Waals surface area contributed by atoms with Crippen LogP contribution in [-0.2, 0) is 19.1 Å². The molecular formula is C21H25NO5. The largest absolute Gasteiger partial charge is 0.457 e. The zero-order valence-electron chi connectivity index (χ0n) is 15.8. The van der Waals surface area contributed by atoms with Crippen LogP contribution in [0.1, 0.15) is 53.6 Å². The van der Waals surface area contributed by atoms with Crippen molar-refractivity contribution in [2.45, 2.75) is 46.0 Å². The predicted molar refractivity (Wildman–Crippen MR) is 98.0 cm³/mol. The summed E-state index contributed by atoms with van der Waals surface area (Å²) >= 11 is 0. The predicted octanol–water partition coefficient (Wildman–Crippen LogP) is 2.59. The molecule has 2 atom stereocenters. The quantitative estimate of drug-likeness (QED) is 0.436. The van der Waals surface area contributed by atoms with Gasteiger partial charge in [-0.1, -0.05) is 36.6 Å². The van der Waals surface area contributed by atoms with E-state index in [1.54, 1.807) is 6.07 Å². The number of aryl methyl sites for hydroxylation is 2. The summed E-state index contributed by atoms with van der Waals surface area (Å²) in [4.78, 5) is 50.2. The third-order valence-electron chi connectivity index (χ3n) is 5.52. The minimum Gasteiger partial charge on any atom is -0.457 e. The third kappa shape index (κ3) is 4.10. The number of ketones is 1. The van der Waals surface area contributed by atoms with Crippen molar-refractivity contribution in [3.8, 4) is 0 Å². The van der Waals surface area contributed by atoms with Gasteiger partial charge in [-0.05, 0) is 32.3 Å². The molecule has 0 N–H and O–H groups in total. The second kappa shape index (κ2) is 8.03. The van der Waals surface area contributed by atoms with Crippen molar-refractivity contribution in [1.82, 2.24) is 4.90 Å². The first-order valence-corrected chi connectivity index (χ1v) is 9.50. The monoisotopic (exact) mass is 371 g/mol. The molecule has 0 aromatic heterocycles. The van der Waals surface area contributed by atoms with Gasteiger partial charge in [-0.15, -0.1) is 0 Å². The Bertz CT molecular complexity index is 761. The topological polar surface area (TPSA) is 80.8 Å². The van der Waals surface area contributed by atoms with Crippen molar-refractivity contribution < 1.29 is 23.9 Å². The molecule has 1 aromatic carbocycles. The number of carbonyl (C=O) groups excluding carboxylic acids is 4. The number of benzene rings is 1. The Balaban J connectivity index is 1.49. The Morgan fingerprint density at radius 2 is 1.70 bits per heavy atom. The molecule has 6 heteroatoms. The van der Waals surface area contributed by atoms with E-state index in [0.717, 1.165) is 36.8 Å². The van der Waals surface area contributed by atoms with Crippen LogP contribution in [0.4, 0.5) is 0 Å². The molecule has 0 bridgehead atoms. The lowest BCUT2D eigenvalue weighted by Crippen LogP contribution is -2.33. The van der Waals surface area contributed by atoms with Gasteiger partial charge in [-0.2, -0.15) is 0 Å². The van der Waals surface area contributed by atoms with Gasteiger partial charge in [0.25, 0.3) is 0 Å². The minimum atomic E-state index is -0.580. The van der Waals surface area contributed by atoms with Crippen molar-refractivity contribution in [3.63, 3.8) is 0 Å². The molecule has 6 nitrogen and oxygen atoms in total. The Morgan fingerprint density at radius 1 is 1.07 bits per heavy atom. The number of hydrogen-bond acceptors (Lipinski definition) is 5. The third-order valence-corrected chi connectivity index (χ3v) is 5.52. The second-order valence-electron chi connectivity index (χ2n) is 7.48. The molecule has 27 heavy (non-hydrogen) atoms. The number of amides is 2. The molecule has 1 aromatic rings. The van der Waals surface area contributed by atoms with Crippen LogP contribution >= 0.6 is 0 Å². The van der Waals surface area contributed by atoms with Crippen molar-refractivity contribution >= 4 is 23.6 Å². The number of likely N-dealkylation sites (tertiary alicyclic amines) is 1. The van der Waals surface area contributed by atoms with Crippen LogP contribution in [0.25, 0.3) is 0 Å². The van der Waals surface area contributed by atoms with Gasteiger partial charge >= 0.3 is 5.97 Å². The number of nitrogens with zero attached hydrogens (tertiary/aromatic N) is 1. The lowest BCUT2D eigenvalue weighted by Gasteiger charge is -2.19. The number of rotatable bonds is 6. The molecule has 2 fully saturated rings. The number of fused-ring (bicyclic) bond motifs is 1. The van der Waals surface area contributed by atoms with Gasteiger partial charge in [0, 0.05) is 12.1 Å². The number of imide groups is 1. The summed E-state index contributed by atoms with van der Waals surface area (Å²) in [6, 6.07) is 5.47. The molecular weight excluding hydrogens is 346 g/mol. The maximum absolute atomic E-state index is 12.4. The number of Topliss-reactive ketones (excluding diaryl/α,β-unsaturated/α-hetero) is 1. The van der Waals surface area contributed by atoms with Crippen LogP contribution in [0.5, 0.6) is 0 Å². The molecule has 1 saturated heterocycles. The van der Waals surface area contributed by atoms with E-state index in [1.807, 2.05) is 26.0 Å². The molecule has 1 saturated carbocycles. The molecule has 0 radical (unpaired) electrons. The molecule has 1 aliphatic carbocycles. The minimum absolute atomic E-state index is 0.0290. The zero-order chi connectivity index (χ0) is 19.6. The lowest BCUT2D eigenvalue weighted by atomic mass is 9.81. The van der Waals surface area contributed by atoms with E-state index in [4.69, 9.17) is 4.74 Å². The Kier molecular flexibility index (Phi) is 5.73. The summed E-state index contributed by atoms with van der Waals surface area (Å²) in [6.45, 7) is 3.47. The first-order valence-electron chi connectivity index (χ1n) is 9.50. The van der Waals surface area contributed by atoms with Gasteiger partial charge in [0.05, 0.1) is 18.3 Å². The maximum Gasteiger partial charge on any atom is 0.308 e. The first kappa shape index (κ1) is 19.3. The summed E-state index contributed by atoms with van der Waals surface area (Å²) in [7, 11) is 0. The van der Waals surface area contributed by atoms with Crippen molar-refractivity contribution in [1.29, 1.82) is 0 Å². The number of hydrogen-bond donors (Lipinski definition) is 0. The van der Waals surface area contributed by atoms with Crippen LogP contribution < -0.4 is 0 Å². The van der Waals surface area contributed by atoms with Gasteiger partial charge in [0.15, 0.2) is 6.61 Å². The average Bonchev–Trinajstić information content (AvgIpc) is 2.89. The van der Waals surface area contributed by atoms with Crippen molar-refractivity contribution in [2.75, 3.05) is 13.2 Å². The van der Waals surface area contributed by atoms with Gasteiger partial charge in [0.1, 0.15) is 0 Å². The van der Waals surface area contributed by atoms with E-state index < -0.39 is 5.97 Å². The van der Waals surface area contributed by atoms with E-state index in [1.165, 1.54) is 4.90 Å². The fraction of sp³-hybridized carbons (Fsp3) is 0.524. The smallest absolute Gasteiger partial charge is 0.308 e. The summed E-state index contributed by atoms with van der Waals surface area (Å²) < 4.78 is 5.05. The number of carbonyl (C=O) groups is 4. The number of ether oxygens (including phenoxy) is 1. The van der Waals surface area contributed by atoms with Crippen LogP contribution in [0.3, 0.4) is 0 Å². The van der Waals surface area contributed by atoms with E-state index in [-0.39, 0.29) is 49.0 Å². The van der Waals surface area contributed by atoms with E-state index in [2.05, 4.69) is 0 Å². The molecule has 2 aliphatic rings. The second-order valence-corrected chi connectivity index (χ2v) is 7.48. The normalized spacial score (nSPS) is 21.9. The fourth-order valence-corrected chi connectivity index (χ4v) is 4.08. The van der Waals surface area contributed by atoms with Crippen molar-refractivity contribution in [3.05, 3.63) is 34.9 Å². The van der Waals surface area contributed by atoms with Gasteiger partial charge in [-0.25, -0.2) is 0 Å². The van der Waals surface area contributed by atoms with Crippen molar-refractivity contribution in [2.24, 2.45) is 11.8 Å². The highest BCUT2D eigenvalue weighted by Gasteiger charge is 2.47. The molecule has 0 unspecified atom stereocenters.